The second-order valence-corrected chi connectivity index (χ2v) is 5.14. The fourth-order valence-corrected chi connectivity index (χ4v) is 2.04. The molecular formula is C14H14Cl2N4O. The maximum atomic E-state index is 11.8. The zero-order chi connectivity index (χ0) is 15.2. The summed E-state index contributed by atoms with van der Waals surface area (Å²) in [5.74, 6) is 1.08. The zero-order valence-electron chi connectivity index (χ0n) is 11.4. The van der Waals surface area contributed by atoms with Crippen LogP contribution in [0.4, 0.5) is 5.82 Å². The van der Waals surface area contributed by atoms with Gasteiger partial charge in [0.05, 0.1) is 0 Å². The molecule has 1 heterocycles. The van der Waals surface area contributed by atoms with Gasteiger partial charge in [-0.3, -0.25) is 4.79 Å². The molecule has 1 amide bonds. The number of hydrogen-bond acceptors (Lipinski definition) is 4. The fraction of sp³-hybridized carbons (Fsp3) is 0.214. The van der Waals surface area contributed by atoms with Crippen LogP contribution in [0.15, 0.2) is 30.3 Å². The van der Waals surface area contributed by atoms with Gasteiger partial charge in [0.1, 0.15) is 16.8 Å². The Bertz CT molecular complexity index is 611. The molecule has 0 spiro atoms. The summed E-state index contributed by atoms with van der Waals surface area (Å²) in [7, 11) is 0. The molecule has 7 heteroatoms. The van der Waals surface area contributed by atoms with Crippen molar-refractivity contribution in [3.63, 3.8) is 0 Å². The molecule has 2 N–H and O–H groups in total. The van der Waals surface area contributed by atoms with E-state index < -0.39 is 0 Å². The van der Waals surface area contributed by atoms with Crippen LogP contribution in [-0.4, -0.2) is 29.0 Å². The first-order chi connectivity index (χ1) is 10.0. The van der Waals surface area contributed by atoms with Gasteiger partial charge in [-0.25, -0.2) is 9.97 Å². The van der Waals surface area contributed by atoms with Gasteiger partial charge >= 0.3 is 0 Å². The number of amides is 1. The Labute approximate surface area is 132 Å². The lowest BCUT2D eigenvalue weighted by Crippen LogP contribution is -2.28. The molecule has 0 bridgehead atoms. The van der Waals surface area contributed by atoms with Crippen molar-refractivity contribution in [1.29, 1.82) is 0 Å². The van der Waals surface area contributed by atoms with Crippen molar-refractivity contribution in [2.24, 2.45) is 0 Å². The smallest absolute Gasteiger partial charge is 0.251 e. The van der Waals surface area contributed by atoms with Crippen LogP contribution in [0.1, 0.15) is 16.2 Å². The van der Waals surface area contributed by atoms with Crippen molar-refractivity contribution >= 4 is 34.9 Å². The largest absolute Gasteiger partial charge is 0.368 e. The minimum atomic E-state index is -0.148. The molecule has 0 saturated heterocycles. The molecule has 2 aromatic rings. The van der Waals surface area contributed by atoms with Gasteiger partial charge in [0, 0.05) is 29.7 Å². The van der Waals surface area contributed by atoms with Crippen molar-refractivity contribution in [3.05, 3.63) is 51.9 Å². The minimum absolute atomic E-state index is 0.148. The van der Waals surface area contributed by atoms with Crippen molar-refractivity contribution in [1.82, 2.24) is 15.3 Å². The Kier molecular flexibility index (Phi) is 5.36. The standard InChI is InChI=1S/C14H14Cl2N4O/c1-9-19-12(16)8-13(20-9)17-6-7-18-14(21)10-2-4-11(15)5-3-10/h2-5,8H,6-7H2,1H3,(H,18,21)(H,17,19,20). The number of aryl methyl sites for hydroxylation is 1. The van der Waals surface area contributed by atoms with Crippen LogP contribution in [0.5, 0.6) is 0 Å². The average Bonchev–Trinajstić information content (AvgIpc) is 2.43. The van der Waals surface area contributed by atoms with Gasteiger partial charge in [0.15, 0.2) is 0 Å². The van der Waals surface area contributed by atoms with Gasteiger partial charge in [0.2, 0.25) is 0 Å². The lowest BCUT2D eigenvalue weighted by Gasteiger charge is -2.08. The monoisotopic (exact) mass is 324 g/mol. The topological polar surface area (TPSA) is 66.9 Å². The predicted molar refractivity (Wildman–Crippen MR) is 84.1 cm³/mol. The van der Waals surface area contributed by atoms with Gasteiger partial charge in [0.25, 0.3) is 5.91 Å². The molecule has 0 fully saturated rings. The predicted octanol–water partition coefficient (Wildman–Crippen LogP) is 2.93. The Morgan fingerprint density at radius 2 is 1.86 bits per heavy atom. The Morgan fingerprint density at radius 1 is 1.14 bits per heavy atom. The fourth-order valence-electron chi connectivity index (χ4n) is 1.69. The number of hydrogen-bond donors (Lipinski definition) is 2. The molecule has 0 saturated carbocycles. The first kappa shape index (κ1) is 15.5. The second kappa shape index (κ2) is 7.24. The van der Waals surface area contributed by atoms with E-state index in [-0.39, 0.29) is 5.91 Å². The quantitative estimate of drug-likeness (QED) is 0.655. The second-order valence-electron chi connectivity index (χ2n) is 4.31. The van der Waals surface area contributed by atoms with E-state index >= 15 is 0 Å². The summed E-state index contributed by atoms with van der Waals surface area (Å²) in [5.41, 5.74) is 0.570. The molecule has 1 aromatic heterocycles. The zero-order valence-corrected chi connectivity index (χ0v) is 12.9. The highest BCUT2D eigenvalue weighted by Crippen LogP contribution is 2.11. The Balaban J connectivity index is 1.79. The maximum absolute atomic E-state index is 11.8. The highest BCUT2D eigenvalue weighted by Gasteiger charge is 2.04. The van der Waals surface area contributed by atoms with Crippen LogP contribution in [0.25, 0.3) is 0 Å². The molecule has 21 heavy (non-hydrogen) atoms. The highest BCUT2D eigenvalue weighted by atomic mass is 35.5. The number of rotatable bonds is 5. The van der Waals surface area contributed by atoms with Crippen molar-refractivity contribution in [2.75, 3.05) is 18.4 Å². The number of carbonyl (C=O) groups excluding carboxylic acids is 1. The number of anilines is 1. The van der Waals surface area contributed by atoms with Crippen LogP contribution in [0.3, 0.4) is 0 Å². The Hall–Kier alpha value is -1.85. The molecule has 0 aliphatic carbocycles. The van der Waals surface area contributed by atoms with E-state index in [1.807, 2.05) is 0 Å². The third-order valence-corrected chi connectivity index (χ3v) is 3.08. The van der Waals surface area contributed by atoms with Crippen LogP contribution < -0.4 is 10.6 Å². The van der Waals surface area contributed by atoms with Crippen LogP contribution in [0, 0.1) is 6.92 Å². The average molecular weight is 325 g/mol. The van der Waals surface area contributed by atoms with Gasteiger partial charge in [-0.05, 0) is 31.2 Å². The maximum Gasteiger partial charge on any atom is 0.251 e. The molecule has 2 rings (SSSR count). The normalized spacial score (nSPS) is 10.2. The van der Waals surface area contributed by atoms with E-state index in [9.17, 15) is 4.79 Å². The summed E-state index contributed by atoms with van der Waals surface area (Å²) in [6.45, 7) is 2.76. The molecule has 110 valence electrons. The summed E-state index contributed by atoms with van der Waals surface area (Å²) in [6, 6.07) is 8.35. The molecule has 1 aromatic carbocycles. The van der Waals surface area contributed by atoms with Crippen LogP contribution in [-0.2, 0) is 0 Å². The van der Waals surface area contributed by atoms with Gasteiger partial charge in [-0.15, -0.1) is 0 Å². The molecule has 0 aliphatic heterocycles. The molecule has 0 aliphatic rings. The number of nitrogens with zero attached hydrogens (tertiary/aromatic N) is 2. The van der Waals surface area contributed by atoms with E-state index in [2.05, 4.69) is 20.6 Å². The summed E-state index contributed by atoms with van der Waals surface area (Å²) in [6.07, 6.45) is 0. The van der Waals surface area contributed by atoms with E-state index in [0.717, 1.165) is 0 Å². The van der Waals surface area contributed by atoms with Gasteiger partial charge in [-0.1, -0.05) is 23.2 Å². The van der Waals surface area contributed by atoms with Gasteiger partial charge in [-0.2, -0.15) is 0 Å². The molecule has 0 radical (unpaired) electrons. The molecule has 0 atom stereocenters. The summed E-state index contributed by atoms with van der Waals surface area (Å²) >= 11 is 11.6. The SMILES string of the molecule is Cc1nc(Cl)cc(NCCNC(=O)c2ccc(Cl)cc2)n1. The van der Waals surface area contributed by atoms with Crippen molar-refractivity contribution in [3.8, 4) is 0 Å². The number of aromatic nitrogens is 2. The summed E-state index contributed by atoms with van der Waals surface area (Å²) < 4.78 is 0. The first-order valence-electron chi connectivity index (χ1n) is 6.33. The van der Waals surface area contributed by atoms with E-state index in [4.69, 9.17) is 23.2 Å². The number of halogens is 2. The molecular weight excluding hydrogens is 311 g/mol. The third-order valence-electron chi connectivity index (χ3n) is 2.63. The summed E-state index contributed by atoms with van der Waals surface area (Å²) in [5, 5.41) is 6.85. The van der Waals surface area contributed by atoms with Crippen molar-refractivity contribution < 1.29 is 4.79 Å². The summed E-state index contributed by atoms with van der Waals surface area (Å²) in [4.78, 5) is 20.0. The molecule has 0 unspecified atom stereocenters. The lowest BCUT2D eigenvalue weighted by atomic mass is 10.2. The Morgan fingerprint density at radius 3 is 2.52 bits per heavy atom. The van der Waals surface area contributed by atoms with Crippen LogP contribution >= 0.6 is 23.2 Å². The van der Waals surface area contributed by atoms with E-state index in [1.165, 1.54) is 0 Å². The first-order valence-corrected chi connectivity index (χ1v) is 7.09. The highest BCUT2D eigenvalue weighted by molar-refractivity contribution is 6.30. The molecule has 5 nitrogen and oxygen atoms in total. The number of carbonyl (C=O) groups is 1. The van der Waals surface area contributed by atoms with Crippen LogP contribution in [0.2, 0.25) is 10.2 Å². The number of benzene rings is 1. The number of nitrogens with one attached hydrogen (secondary N) is 2. The lowest BCUT2D eigenvalue weighted by molar-refractivity contribution is 0.0955. The third kappa shape index (κ3) is 4.88. The van der Waals surface area contributed by atoms with Crippen molar-refractivity contribution in [2.45, 2.75) is 6.92 Å². The van der Waals surface area contributed by atoms with E-state index in [1.54, 1.807) is 37.3 Å². The minimum Gasteiger partial charge on any atom is -0.368 e. The van der Waals surface area contributed by atoms with Gasteiger partial charge < -0.3 is 10.6 Å². The van der Waals surface area contributed by atoms with E-state index in [0.29, 0.717) is 40.5 Å².